The Morgan fingerprint density at radius 3 is 2.67 bits per heavy atom. The number of carbonyl (C=O) groups excluding carboxylic acids is 1. The number of aromatic nitrogens is 4. The number of tetrazole rings is 1. The summed E-state index contributed by atoms with van der Waals surface area (Å²) in [5.41, 5.74) is -0.441. The van der Waals surface area contributed by atoms with Gasteiger partial charge in [-0.25, -0.2) is 4.79 Å². The topological polar surface area (TPSA) is 85.2 Å². The maximum absolute atomic E-state index is 11.8. The summed E-state index contributed by atoms with van der Waals surface area (Å²) in [7, 11) is 1.74. The van der Waals surface area contributed by atoms with E-state index in [1.807, 2.05) is 20.8 Å². The number of likely N-dealkylation sites (tertiary alicyclic amines) is 1. The Morgan fingerprint density at radius 1 is 1.48 bits per heavy atom. The zero-order chi connectivity index (χ0) is 15.6. The molecule has 0 aliphatic carbocycles. The lowest BCUT2D eigenvalue weighted by atomic mass is 9.93. The van der Waals surface area contributed by atoms with E-state index in [4.69, 9.17) is 4.74 Å². The van der Waals surface area contributed by atoms with Gasteiger partial charge in [0.2, 0.25) is 0 Å². The van der Waals surface area contributed by atoms with E-state index in [0.29, 0.717) is 18.3 Å². The second-order valence-corrected chi connectivity index (χ2v) is 6.51. The van der Waals surface area contributed by atoms with E-state index >= 15 is 0 Å². The van der Waals surface area contributed by atoms with Crippen LogP contribution in [0.5, 0.6) is 0 Å². The highest BCUT2D eigenvalue weighted by Gasteiger charge is 2.36. The second kappa shape index (κ2) is 5.97. The summed E-state index contributed by atoms with van der Waals surface area (Å²) in [4.78, 5) is 15.0. The second-order valence-electron chi connectivity index (χ2n) is 6.51. The van der Waals surface area contributed by atoms with Gasteiger partial charge in [-0.1, -0.05) is 0 Å². The number of hydrogen-bond donors (Lipinski definition) is 1. The molecule has 1 aliphatic heterocycles. The number of nitrogens with zero attached hydrogens (tertiary/aromatic N) is 5. The fourth-order valence-corrected chi connectivity index (χ4v) is 2.12. The Morgan fingerprint density at radius 2 is 2.14 bits per heavy atom. The number of nitrogens with one attached hydrogen (secondary N) is 1. The van der Waals surface area contributed by atoms with Gasteiger partial charge in [0, 0.05) is 25.0 Å². The van der Waals surface area contributed by atoms with Crippen LogP contribution < -0.4 is 5.32 Å². The van der Waals surface area contributed by atoms with Gasteiger partial charge in [0.1, 0.15) is 5.60 Å². The zero-order valence-electron chi connectivity index (χ0n) is 13.3. The van der Waals surface area contributed by atoms with Crippen LogP contribution in [0.4, 0.5) is 4.79 Å². The number of hydrogen-bond acceptors (Lipinski definition) is 6. The summed E-state index contributed by atoms with van der Waals surface area (Å²) in [6, 6.07) is 0.285. The summed E-state index contributed by atoms with van der Waals surface area (Å²) >= 11 is 0. The number of amides is 1. The Labute approximate surface area is 124 Å². The number of ether oxygens (including phenoxy) is 1. The summed E-state index contributed by atoms with van der Waals surface area (Å²) in [6.45, 7) is 9.75. The average Bonchev–Trinajstić information content (AvgIpc) is 2.68. The standard InChI is InChI=1S/C13H24N6O2/c1-9(14-6-11-15-17-18(5)16-11)10-7-19(8-10)12(20)21-13(2,3)4/h9-10,14H,6-8H2,1-5H3. The van der Waals surface area contributed by atoms with Crippen molar-refractivity contribution in [2.45, 2.75) is 45.9 Å². The van der Waals surface area contributed by atoms with Gasteiger partial charge in [-0.05, 0) is 32.9 Å². The number of aryl methyl sites for hydroxylation is 1. The van der Waals surface area contributed by atoms with Crippen molar-refractivity contribution in [2.24, 2.45) is 13.0 Å². The number of rotatable bonds is 4. The predicted octanol–water partition coefficient (Wildman–Crippen LogP) is 0.555. The van der Waals surface area contributed by atoms with Gasteiger partial charge in [0.15, 0.2) is 5.82 Å². The van der Waals surface area contributed by atoms with Crippen molar-refractivity contribution in [2.75, 3.05) is 13.1 Å². The molecule has 8 nitrogen and oxygen atoms in total. The van der Waals surface area contributed by atoms with Crippen LogP contribution in [0.2, 0.25) is 0 Å². The van der Waals surface area contributed by atoms with E-state index in [1.54, 1.807) is 11.9 Å². The summed E-state index contributed by atoms with van der Waals surface area (Å²) < 4.78 is 5.34. The molecule has 0 spiro atoms. The highest BCUT2D eigenvalue weighted by molar-refractivity contribution is 5.69. The fourth-order valence-electron chi connectivity index (χ4n) is 2.12. The minimum Gasteiger partial charge on any atom is -0.444 e. The molecule has 118 valence electrons. The lowest BCUT2D eigenvalue weighted by Crippen LogP contribution is -2.57. The minimum atomic E-state index is -0.441. The first-order valence-electron chi connectivity index (χ1n) is 7.19. The first-order valence-corrected chi connectivity index (χ1v) is 7.19. The molecule has 2 heterocycles. The molecule has 1 fully saturated rings. The van der Waals surface area contributed by atoms with Crippen LogP contribution in [0.15, 0.2) is 0 Å². The Balaban J connectivity index is 1.70. The third kappa shape index (κ3) is 4.38. The maximum atomic E-state index is 11.8. The highest BCUT2D eigenvalue weighted by Crippen LogP contribution is 2.22. The van der Waals surface area contributed by atoms with Crippen molar-refractivity contribution in [3.8, 4) is 0 Å². The van der Waals surface area contributed by atoms with E-state index in [-0.39, 0.29) is 12.1 Å². The van der Waals surface area contributed by atoms with Gasteiger partial charge in [-0.15, -0.1) is 10.2 Å². The largest absolute Gasteiger partial charge is 0.444 e. The lowest BCUT2D eigenvalue weighted by Gasteiger charge is -2.42. The van der Waals surface area contributed by atoms with Crippen LogP contribution >= 0.6 is 0 Å². The van der Waals surface area contributed by atoms with Crippen LogP contribution in [-0.4, -0.2) is 55.9 Å². The molecular formula is C13H24N6O2. The maximum Gasteiger partial charge on any atom is 0.410 e. The Bertz CT molecular complexity index is 489. The van der Waals surface area contributed by atoms with Crippen LogP contribution in [0.1, 0.15) is 33.5 Å². The summed E-state index contributed by atoms with van der Waals surface area (Å²) in [6.07, 6.45) is -0.235. The monoisotopic (exact) mass is 296 g/mol. The molecule has 0 bridgehead atoms. The van der Waals surface area contributed by atoms with E-state index in [2.05, 4.69) is 27.7 Å². The molecule has 8 heteroatoms. The Hall–Kier alpha value is -1.70. The lowest BCUT2D eigenvalue weighted by molar-refractivity contribution is -0.00583. The summed E-state index contributed by atoms with van der Waals surface area (Å²) in [5, 5.41) is 15.2. The van der Waals surface area contributed by atoms with Crippen molar-refractivity contribution in [1.29, 1.82) is 0 Å². The summed E-state index contributed by atoms with van der Waals surface area (Å²) in [5.74, 6) is 1.10. The molecule has 1 unspecified atom stereocenters. The average molecular weight is 296 g/mol. The van der Waals surface area contributed by atoms with Gasteiger partial charge in [-0.2, -0.15) is 4.80 Å². The van der Waals surface area contributed by atoms with Crippen molar-refractivity contribution >= 4 is 6.09 Å². The van der Waals surface area contributed by atoms with Gasteiger partial charge in [0.25, 0.3) is 0 Å². The van der Waals surface area contributed by atoms with E-state index in [1.165, 1.54) is 4.80 Å². The van der Waals surface area contributed by atoms with Gasteiger partial charge in [-0.3, -0.25) is 0 Å². The minimum absolute atomic E-state index is 0.235. The van der Waals surface area contributed by atoms with E-state index < -0.39 is 5.60 Å². The Kier molecular flexibility index (Phi) is 4.46. The molecule has 2 rings (SSSR count). The van der Waals surface area contributed by atoms with Gasteiger partial charge < -0.3 is 15.0 Å². The smallest absolute Gasteiger partial charge is 0.410 e. The molecule has 0 radical (unpaired) electrons. The first-order chi connectivity index (χ1) is 9.74. The SMILES string of the molecule is CC(NCc1nnn(C)n1)C1CN(C(=O)OC(C)(C)C)C1. The molecule has 1 atom stereocenters. The van der Waals surface area contributed by atoms with Gasteiger partial charge in [0.05, 0.1) is 13.6 Å². The van der Waals surface area contributed by atoms with E-state index in [9.17, 15) is 4.79 Å². The van der Waals surface area contributed by atoms with Crippen molar-refractivity contribution in [1.82, 2.24) is 30.4 Å². The third-order valence-corrected chi connectivity index (χ3v) is 3.40. The molecule has 1 N–H and O–H groups in total. The highest BCUT2D eigenvalue weighted by atomic mass is 16.6. The van der Waals surface area contributed by atoms with Crippen molar-refractivity contribution in [3.63, 3.8) is 0 Å². The molecule has 0 saturated carbocycles. The first kappa shape index (κ1) is 15.7. The van der Waals surface area contributed by atoms with Crippen molar-refractivity contribution in [3.05, 3.63) is 5.82 Å². The molecule has 0 aromatic carbocycles. The van der Waals surface area contributed by atoms with Crippen molar-refractivity contribution < 1.29 is 9.53 Å². The normalized spacial score (nSPS) is 17.5. The molecular weight excluding hydrogens is 272 g/mol. The number of carbonyl (C=O) groups is 1. The molecule has 1 saturated heterocycles. The van der Waals surface area contributed by atoms with E-state index in [0.717, 1.165) is 13.1 Å². The van der Waals surface area contributed by atoms with Crippen LogP contribution in [0.3, 0.4) is 0 Å². The predicted molar refractivity (Wildman–Crippen MR) is 76.4 cm³/mol. The third-order valence-electron chi connectivity index (χ3n) is 3.40. The fraction of sp³-hybridized carbons (Fsp3) is 0.846. The molecule has 1 aromatic rings. The van der Waals surface area contributed by atoms with Gasteiger partial charge >= 0.3 is 6.09 Å². The molecule has 1 aliphatic rings. The quantitative estimate of drug-likeness (QED) is 0.873. The molecule has 1 aromatic heterocycles. The molecule has 1 amide bonds. The van der Waals surface area contributed by atoms with Crippen LogP contribution in [0.25, 0.3) is 0 Å². The zero-order valence-corrected chi connectivity index (χ0v) is 13.3. The van der Waals surface area contributed by atoms with Crippen LogP contribution in [-0.2, 0) is 18.3 Å². The van der Waals surface area contributed by atoms with Crippen LogP contribution in [0, 0.1) is 5.92 Å². The molecule has 21 heavy (non-hydrogen) atoms.